The molecular formula is C13H8Cl4N5O6P3. The lowest BCUT2D eigenvalue weighted by atomic mass is 10.0. The smallest absolute Gasteiger partial charge is 0.352 e. The van der Waals surface area contributed by atoms with E-state index < -0.39 is 29.3 Å². The van der Waals surface area contributed by atoms with E-state index in [1.54, 1.807) is 0 Å². The monoisotopic (exact) mass is 563 g/mol. The Balaban J connectivity index is 2.02. The normalized spacial score (nSPS) is 25.7. The summed E-state index contributed by atoms with van der Waals surface area (Å²) < 4.78 is 23.9. The van der Waals surface area contributed by atoms with Gasteiger partial charge in [0.1, 0.15) is 11.5 Å². The molecule has 164 valence electrons. The summed E-state index contributed by atoms with van der Waals surface area (Å²) in [6.07, 6.45) is -0.0379. The second-order valence-corrected chi connectivity index (χ2v) is 17.4. The van der Waals surface area contributed by atoms with Crippen molar-refractivity contribution in [2.75, 3.05) is 0 Å². The van der Waals surface area contributed by atoms with Gasteiger partial charge in [-0.25, -0.2) is 0 Å². The summed E-state index contributed by atoms with van der Waals surface area (Å²) in [5.41, 5.74) is 0.136. The molecule has 4 rings (SSSR count). The van der Waals surface area contributed by atoms with Crippen molar-refractivity contribution in [3.05, 3.63) is 67.8 Å². The molecule has 31 heavy (non-hydrogen) atoms. The van der Waals surface area contributed by atoms with Gasteiger partial charge in [-0.1, -0.05) is 0 Å². The van der Waals surface area contributed by atoms with Crippen LogP contribution in [0.5, 0.6) is 11.5 Å². The summed E-state index contributed by atoms with van der Waals surface area (Å²) in [5, 5.41) is 22.5. The standard InChI is InChI=1S/C13H8Cl4N5O6P3/c14-29(15)18-30(16)20-31(17,19-29)28-13-4-2-11(22(25)26)7-9(13)5-8-6-10(21(23)24)1-3-12(8)27-30/h1-4,6-7H,5H2/t30-,31+. The van der Waals surface area contributed by atoms with E-state index in [9.17, 15) is 20.2 Å². The molecule has 0 unspecified atom stereocenters. The van der Waals surface area contributed by atoms with Crippen molar-refractivity contribution in [3.8, 4) is 11.5 Å². The van der Waals surface area contributed by atoms with E-state index >= 15 is 0 Å². The molecule has 0 saturated carbocycles. The minimum absolute atomic E-state index is 0.0379. The summed E-state index contributed by atoms with van der Waals surface area (Å²) in [5.74, 6) is -3.21. The van der Waals surface area contributed by atoms with Crippen LogP contribution in [0.2, 0.25) is 0 Å². The van der Waals surface area contributed by atoms with Crippen LogP contribution >= 0.6 is 64.4 Å². The molecule has 18 heteroatoms. The number of nitrogens with zero attached hydrogens (tertiary/aromatic N) is 5. The zero-order valence-electron chi connectivity index (χ0n) is 14.7. The van der Waals surface area contributed by atoms with E-state index in [1.807, 2.05) is 0 Å². The molecule has 2 aromatic carbocycles. The van der Waals surface area contributed by atoms with E-state index in [1.165, 1.54) is 36.4 Å². The van der Waals surface area contributed by atoms with Crippen LogP contribution in [0.3, 0.4) is 0 Å². The number of non-ortho nitro benzene ring substituents is 2. The number of hydrogen-bond acceptors (Lipinski definition) is 9. The Bertz CT molecular complexity index is 1260. The maximum atomic E-state index is 11.3. The van der Waals surface area contributed by atoms with E-state index in [2.05, 4.69) is 13.5 Å². The second kappa shape index (κ2) is 7.92. The maximum absolute atomic E-state index is 11.3. The molecule has 0 saturated heterocycles. The van der Waals surface area contributed by atoms with Crippen molar-refractivity contribution in [2.24, 2.45) is 13.5 Å². The van der Waals surface area contributed by atoms with Crippen molar-refractivity contribution in [3.63, 3.8) is 0 Å². The quantitative estimate of drug-likeness (QED) is 0.203. The zero-order chi connectivity index (χ0) is 22.6. The van der Waals surface area contributed by atoms with Gasteiger partial charge in [-0.15, -0.1) is 4.52 Å². The molecule has 0 aliphatic carbocycles. The lowest BCUT2D eigenvalue weighted by Crippen LogP contribution is -2.02. The molecule has 2 aliphatic heterocycles. The average molecular weight is 565 g/mol. The highest BCUT2D eigenvalue weighted by Gasteiger charge is 2.39. The number of halogens is 4. The van der Waals surface area contributed by atoms with Gasteiger partial charge >= 0.3 is 13.6 Å². The van der Waals surface area contributed by atoms with Crippen molar-refractivity contribution < 1.29 is 18.9 Å². The maximum Gasteiger partial charge on any atom is 0.352 e. The highest BCUT2D eigenvalue weighted by Crippen LogP contribution is 2.85. The van der Waals surface area contributed by atoms with Crippen LogP contribution in [-0.2, 0) is 6.42 Å². The molecule has 2 heterocycles. The van der Waals surface area contributed by atoms with Gasteiger partial charge in [0, 0.05) is 41.8 Å². The summed E-state index contributed by atoms with van der Waals surface area (Å²) in [7, 11) is 0. The molecule has 0 radical (unpaired) electrons. The van der Waals surface area contributed by atoms with Crippen LogP contribution in [0.15, 0.2) is 49.9 Å². The molecule has 0 spiro atoms. The van der Waals surface area contributed by atoms with E-state index in [0.717, 1.165) is 0 Å². The summed E-state index contributed by atoms with van der Waals surface area (Å²) in [4.78, 5) is 21.3. The summed E-state index contributed by atoms with van der Waals surface area (Å²) >= 11 is 25.4. The Morgan fingerprint density at radius 1 is 0.774 bits per heavy atom. The first kappa shape index (κ1) is 22.9. The molecule has 2 aliphatic rings. The molecular weight excluding hydrogens is 557 g/mol. The van der Waals surface area contributed by atoms with Gasteiger partial charge in [0.25, 0.3) is 17.3 Å². The number of nitro benzene ring substituents is 2. The zero-order valence-corrected chi connectivity index (χ0v) is 20.4. The fourth-order valence-corrected chi connectivity index (χ4v) is 17.6. The van der Waals surface area contributed by atoms with E-state index in [-0.39, 0.29) is 29.3 Å². The van der Waals surface area contributed by atoms with Crippen LogP contribution in [0.25, 0.3) is 0 Å². The van der Waals surface area contributed by atoms with Gasteiger partial charge in [-0.2, -0.15) is 9.03 Å². The Labute approximate surface area is 193 Å². The van der Waals surface area contributed by atoms with Crippen LogP contribution in [0.4, 0.5) is 11.4 Å². The fraction of sp³-hybridized carbons (Fsp3) is 0.0769. The van der Waals surface area contributed by atoms with Crippen molar-refractivity contribution in [1.29, 1.82) is 0 Å². The van der Waals surface area contributed by atoms with Gasteiger partial charge in [0.2, 0.25) is 0 Å². The van der Waals surface area contributed by atoms with Crippen LogP contribution in [-0.4, -0.2) is 9.85 Å². The molecule has 0 amide bonds. The molecule has 11 nitrogen and oxygen atoms in total. The molecule has 2 aromatic rings. The molecule has 2 bridgehead atoms. The SMILES string of the molecule is O=[N+]([O-])c1ccc2c(c1)Cc1cc([N+](=O)[O-])ccc1O[P@@]1(Cl)=N[P@](Cl)(=NP(Cl)(Cl)=N1)O2. The van der Waals surface area contributed by atoms with Gasteiger partial charge in [-0.05, 0) is 57.1 Å². The minimum atomic E-state index is -3.60. The van der Waals surface area contributed by atoms with Crippen LogP contribution in [0.1, 0.15) is 11.1 Å². The first-order chi connectivity index (χ1) is 14.4. The third-order valence-electron chi connectivity index (χ3n) is 3.98. The fourth-order valence-electron chi connectivity index (χ4n) is 2.80. The molecule has 0 aromatic heterocycles. The van der Waals surface area contributed by atoms with Crippen molar-refractivity contribution in [2.45, 2.75) is 6.42 Å². The number of fused-ring (bicyclic) bond motifs is 3. The minimum Gasteiger partial charge on any atom is -0.430 e. The van der Waals surface area contributed by atoms with Gasteiger partial charge in [0.05, 0.1) is 9.85 Å². The molecule has 2 atom stereocenters. The lowest BCUT2D eigenvalue weighted by molar-refractivity contribution is -0.385. The highest BCUT2D eigenvalue weighted by atomic mass is 35.9. The third-order valence-corrected chi connectivity index (χ3v) is 15.4. The van der Waals surface area contributed by atoms with Gasteiger partial charge in [-0.3, -0.25) is 20.2 Å². The predicted molar refractivity (Wildman–Crippen MR) is 122 cm³/mol. The van der Waals surface area contributed by atoms with E-state index in [4.69, 9.17) is 54.0 Å². The average Bonchev–Trinajstić information content (AvgIpc) is 2.61. The Kier molecular flexibility index (Phi) is 5.85. The number of benzene rings is 2. The lowest BCUT2D eigenvalue weighted by Gasteiger charge is -2.27. The first-order valence-corrected chi connectivity index (χ1v) is 16.5. The molecule has 0 fully saturated rings. The van der Waals surface area contributed by atoms with Crippen LogP contribution in [0, 0.1) is 20.2 Å². The Morgan fingerprint density at radius 2 is 1.23 bits per heavy atom. The number of rotatable bonds is 2. The summed E-state index contributed by atoms with van der Waals surface area (Å²) in [6, 6.07) is 7.57. The van der Waals surface area contributed by atoms with Gasteiger partial charge in [0.15, 0.2) is 0 Å². The third kappa shape index (κ3) is 4.88. The first-order valence-electron chi connectivity index (χ1n) is 8.01. The number of nitro groups is 2. The molecule has 0 N–H and O–H groups in total. The second-order valence-electron chi connectivity index (χ2n) is 6.13. The highest BCUT2D eigenvalue weighted by molar-refractivity contribution is 8.17. The van der Waals surface area contributed by atoms with Gasteiger partial charge < -0.3 is 9.05 Å². The Hall–Kier alpha value is -1.31. The van der Waals surface area contributed by atoms with E-state index in [0.29, 0.717) is 11.1 Å². The van der Waals surface area contributed by atoms with Crippen molar-refractivity contribution >= 4 is 75.8 Å². The topological polar surface area (TPSA) is 142 Å². The number of hydrogen-bond donors (Lipinski definition) is 0. The largest absolute Gasteiger partial charge is 0.430 e. The van der Waals surface area contributed by atoms with Crippen LogP contribution < -0.4 is 9.05 Å². The summed E-state index contributed by atoms with van der Waals surface area (Å²) in [6.45, 7) is -7.20. The predicted octanol–water partition coefficient (Wildman–Crippen LogP) is 8.67. The van der Waals surface area contributed by atoms with Crippen molar-refractivity contribution in [1.82, 2.24) is 0 Å². The Morgan fingerprint density at radius 3 is 1.68 bits per heavy atom.